The molecule has 10 nitrogen and oxygen atoms in total. The summed E-state index contributed by atoms with van der Waals surface area (Å²) in [6.45, 7) is 14.3. The molecule has 0 radical (unpaired) electrons. The molecule has 0 spiro atoms. The molecule has 0 bridgehead atoms. The van der Waals surface area contributed by atoms with Gasteiger partial charge in [-0.1, -0.05) is 62.6 Å². The van der Waals surface area contributed by atoms with Gasteiger partial charge in [-0.05, 0) is 103 Å². The first-order chi connectivity index (χ1) is 23.7. The fourth-order valence-electron chi connectivity index (χ4n) is 7.88. The molecule has 0 N–H and O–H groups in total. The summed E-state index contributed by atoms with van der Waals surface area (Å²) in [5, 5.41) is 4.51. The number of urea groups is 1. The number of carbonyl (C=O) groups excluding carboxylic acids is 3. The first-order valence-corrected chi connectivity index (χ1v) is 17.3. The lowest BCUT2D eigenvalue weighted by molar-refractivity contribution is -0.134. The van der Waals surface area contributed by atoms with Gasteiger partial charge in [0.15, 0.2) is 0 Å². The predicted molar refractivity (Wildman–Crippen MR) is 198 cm³/mol. The number of hydrogen-bond acceptors (Lipinski definition) is 6. The van der Waals surface area contributed by atoms with Crippen LogP contribution in [0.1, 0.15) is 65.5 Å². The molecule has 0 atom stereocenters. The number of carbonyl (C=O) groups is 3. The van der Waals surface area contributed by atoms with Gasteiger partial charge in [0.05, 0.1) is 0 Å². The van der Waals surface area contributed by atoms with E-state index in [2.05, 4.69) is 79.6 Å². The lowest BCUT2D eigenvalue weighted by Gasteiger charge is -2.30. The summed E-state index contributed by atoms with van der Waals surface area (Å²) in [7, 11) is 2.81. The number of halogens is 1. The summed E-state index contributed by atoms with van der Waals surface area (Å²) in [6.07, 6.45) is 9.44. The molecule has 6 rings (SSSR count). The third-order valence-electron chi connectivity index (χ3n) is 10.6. The molecule has 1 aliphatic carbocycles. The van der Waals surface area contributed by atoms with Crippen molar-refractivity contribution in [1.29, 1.82) is 0 Å². The van der Waals surface area contributed by atoms with Gasteiger partial charge in [0, 0.05) is 76.4 Å². The fraction of sp³-hybridized carbons (Fsp3) is 0.359. The van der Waals surface area contributed by atoms with Crippen LogP contribution in [0.3, 0.4) is 0 Å². The maximum Gasteiger partial charge on any atom is 0.333 e. The Morgan fingerprint density at radius 2 is 1.24 bits per heavy atom. The van der Waals surface area contributed by atoms with Crippen molar-refractivity contribution < 1.29 is 14.4 Å². The molecular formula is C39H42ClN7O3. The van der Waals surface area contributed by atoms with Crippen molar-refractivity contribution in [1.82, 2.24) is 9.80 Å². The van der Waals surface area contributed by atoms with Gasteiger partial charge in [0.1, 0.15) is 5.57 Å². The fourth-order valence-corrected chi connectivity index (χ4v) is 8.06. The van der Waals surface area contributed by atoms with E-state index in [1.807, 2.05) is 42.5 Å². The SMILES string of the molecule is CCN1C(=CC=C2CCC(=CC=C3N(CC)c4ccc(N=[N+]=[N-])cc4C3(C)C)C2=C2C(=O)N(C)C(=O)N(C)C2=O)C(C)(C)c2cc(Cl)ccc21. The smallest absolute Gasteiger partial charge is 0.333 e. The minimum atomic E-state index is -0.658. The van der Waals surface area contributed by atoms with Crippen LogP contribution in [0.4, 0.5) is 21.9 Å². The molecular weight excluding hydrogens is 650 g/mol. The number of imide groups is 2. The van der Waals surface area contributed by atoms with Gasteiger partial charge in [0.2, 0.25) is 0 Å². The number of likely N-dealkylation sites (N-methyl/N-ethyl adjacent to an activating group) is 4. The van der Waals surface area contributed by atoms with Gasteiger partial charge >= 0.3 is 6.03 Å². The predicted octanol–water partition coefficient (Wildman–Crippen LogP) is 8.98. The normalized spacial score (nSPS) is 22.9. The van der Waals surface area contributed by atoms with E-state index in [0.717, 1.165) is 61.4 Å². The maximum atomic E-state index is 13.8. The van der Waals surface area contributed by atoms with Crippen LogP contribution in [-0.4, -0.2) is 54.8 Å². The van der Waals surface area contributed by atoms with Crippen LogP contribution in [-0.2, 0) is 20.4 Å². The number of allylic oxidation sites excluding steroid dienone is 9. The second-order valence-corrected chi connectivity index (χ2v) is 14.5. The highest BCUT2D eigenvalue weighted by molar-refractivity contribution is 6.31. The van der Waals surface area contributed by atoms with Crippen LogP contribution >= 0.6 is 11.6 Å². The molecule has 1 saturated carbocycles. The van der Waals surface area contributed by atoms with Crippen molar-refractivity contribution in [2.45, 2.75) is 65.2 Å². The number of fused-ring (bicyclic) bond motifs is 2. The van der Waals surface area contributed by atoms with E-state index in [-0.39, 0.29) is 11.0 Å². The highest BCUT2D eigenvalue weighted by atomic mass is 35.5. The van der Waals surface area contributed by atoms with Gasteiger partial charge < -0.3 is 9.80 Å². The van der Waals surface area contributed by atoms with Gasteiger partial charge in [-0.15, -0.1) is 0 Å². The van der Waals surface area contributed by atoms with Gasteiger partial charge in [-0.2, -0.15) is 0 Å². The minimum absolute atomic E-state index is 0.00480. The number of barbiturate groups is 1. The second-order valence-electron chi connectivity index (χ2n) is 14.0. The molecule has 258 valence electrons. The quantitative estimate of drug-likeness (QED) is 0.102. The number of azide groups is 1. The van der Waals surface area contributed by atoms with Crippen LogP contribution in [0.25, 0.3) is 10.4 Å². The Labute approximate surface area is 298 Å². The molecule has 1 saturated heterocycles. The second kappa shape index (κ2) is 12.7. The standard InChI is InChI=1S/C39H42ClN7O3/c1-9-46-29-17-15-25(40)21-27(29)38(3,4)31(46)19-13-23-11-12-24(33(23)34-35(48)44(7)37(50)45(8)36(34)49)14-20-32-39(5,6)28-22-26(42-43-41)16-18-30(28)47(32)10-2/h13-22H,9-12H2,1-8H3. The number of nitrogens with zero attached hydrogens (tertiary/aromatic N) is 7. The van der Waals surface area contributed by atoms with Gasteiger partial charge in [0.25, 0.3) is 11.8 Å². The summed E-state index contributed by atoms with van der Waals surface area (Å²) in [5.74, 6) is -1.22. The zero-order valence-electron chi connectivity index (χ0n) is 29.8. The molecule has 50 heavy (non-hydrogen) atoms. The van der Waals surface area contributed by atoms with Crippen molar-refractivity contribution in [2.75, 3.05) is 37.0 Å². The van der Waals surface area contributed by atoms with E-state index in [0.29, 0.717) is 35.7 Å². The largest absolute Gasteiger partial charge is 0.344 e. The summed E-state index contributed by atoms with van der Waals surface area (Å²) in [6, 6.07) is 11.0. The Kier molecular flexibility index (Phi) is 8.83. The van der Waals surface area contributed by atoms with E-state index >= 15 is 0 Å². The number of anilines is 2. The molecule has 3 aliphatic heterocycles. The summed E-state index contributed by atoms with van der Waals surface area (Å²) >= 11 is 6.43. The molecule has 4 amide bonds. The van der Waals surface area contributed by atoms with Crippen molar-refractivity contribution in [3.8, 4) is 0 Å². The highest BCUT2D eigenvalue weighted by Gasteiger charge is 2.43. The molecule has 0 unspecified atom stereocenters. The highest BCUT2D eigenvalue weighted by Crippen LogP contribution is 2.51. The van der Waals surface area contributed by atoms with Crippen LogP contribution in [0.5, 0.6) is 0 Å². The zero-order chi connectivity index (χ0) is 36.3. The average molecular weight is 692 g/mol. The van der Waals surface area contributed by atoms with E-state index < -0.39 is 23.3 Å². The summed E-state index contributed by atoms with van der Waals surface area (Å²) < 4.78 is 0. The Morgan fingerprint density at radius 3 is 1.72 bits per heavy atom. The van der Waals surface area contributed by atoms with Crippen molar-refractivity contribution in [3.05, 3.63) is 121 Å². The minimum Gasteiger partial charge on any atom is -0.344 e. The topological polar surface area (TPSA) is 113 Å². The van der Waals surface area contributed by atoms with E-state index in [1.165, 1.54) is 14.1 Å². The third kappa shape index (κ3) is 5.34. The Balaban J connectivity index is 1.51. The van der Waals surface area contributed by atoms with Crippen LogP contribution in [0, 0.1) is 0 Å². The van der Waals surface area contributed by atoms with Crippen LogP contribution in [0.2, 0.25) is 5.02 Å². The van der Waals surface area contributed by atoms with E-state index in [1.54, 1.807) is 0 Å². The Bertz CT molecular complexity index is 2040. The molecule has 4 aliphatic rings. The molecule has 2 aromatic rings. The van der Waals surface area contributed by atoms with Gasteiger partial charge in [-0.3, -0.25) is 19.4 Å². The number of hydrogen-bond donors (Lipinski definition) is 0. The van der Waals surface area contributed by atoms with E-state index in [4.69, 9.17) is 17.1 Å². The van der Waals surface area contributed by atoms with Crippen molar-refractivity contribution in [2.24, 2.45) is 5.11 Å². The molecule has 3 heterocycles. The Hall–Kier alpha value is -5.05. The average Bonchev–Trinajstić information content (AvgIpc) is 3.65. The summed E-state index contributed by atoms with van der Waals surface area (Å²) in [5.41, 5.74) is 17.6. The number of amides is 4. The monoisotopic (exact) mass is 691 g/mol. The molecule has 2 fully saturated rings. The molecule has 2 aromatic carbocycles. The maximum absolute atomic E-state index is 13.8. The number of rotatable bonds is 5. The van der Waals surface area contributed by atoms with E-state index in [9.17, 15) is 14.4 Å². The van der Waals surface area contributed by atoms with Gasteiger partial charge in [-0.25, -0.2) is 4.79 Å². The molecule has 0 aromatic heterocycles. The lowest BCUT2D eigenvalue weighted by atomic mass is 9.83. The van der Waals surface area contributed by atoms with Crippen LogP contribution in [0.15, 0.2) is 99.5 Å². The lowest BCUT2D eigenvalue weighted by Crippen LogP contribution is -2.53. The van der Waals surface area contributed by atoms with Crippen molar-refractivity contribution >= 4 is 46.5 Å². The molecule has 11 heteroatoms. The zero-order valence-corrected chi connectivity index (χ0v) is 30.6. The van der Waals surface area contributed by atoms with Crippen LogP contribution < -0.4 is 9.80 Å². The number of benzene rings is 2. The Morgan fingerprint density at radius 1 is 0.760 bits per heavy atom. The van der Waals surface area contributed by atoms with Crippen molar-refractivity contribution in [3.63, 3.8) is 0 Å². The first-order valence-electron chi connectivity index (χ1n) is 16.9. The first kappa shape index (κ1) is 34.8. The summed E-state index contributed by atoms with van der Waals surface area (Å²) in [4.78, 5) is 49.7. The third-order valence-corrected chi connectivity index (χ3v) is 10.8.